The number of fused-ring (bicyclic) bond motifs is 1. The highest BCUT2D eigenvalue weighted by Gasteiger charge is 2.39. The van der Waals surface area contributed by atoms with E-state index in [1.807, 2.05) is 17.7 Å². The summed E-state index contributed by atoms with van der Waals surface area (Å²) >= 11 is 0. The first-order chi connectivity index (χ1) is 18.7. The fourth-order valence-corrected chi connectivity index (χ4v) is 6.10. The molecule has 2 fully saturated rings. The highest BCUT2D eigenvalue weighted by atomic mass is 16.5. The van der Waals surface area contributed by atoms with E-state index in [0.717, 1.165) is 36.6 Å². The summed E-state index contributed by atoms with van der Waals surface area (Å²) in [4.78, 5) is 37.6. The fraction of sp³-hybridized carbons (Fsp3) is 0.467. The highest BCUT2D eigenvalue weighted by Crippen LogP contribution is 2.40. The number of ether oxygens (including phenoxy) is 1. The fourth-order valence-electron chi connectivity index (χ4n) is 6.10. The summed E-state index contributed by atoms with van der Waals surface area (Å²) in [5.74, 6) is 2.63. The molecule has 1 N–H and O–H groups in total. The van der Waals surface area contributed by atoms with Gasteiger partial charge in [0.15, 0.2) is 5.82 Å². The minimum Gasteiger partial charge on any atom is -0.490 e. The van der Waals surface area contributed by atoms with E-state index in [1.54, 1.807) is 11.1 Å². The molecule has 1 saturated carbocycles. The molecule has 0 bridgehead atoms. The van der Waals surface area contributed by atoms with Crippen LogP contribution in [0.5, 0.6) is 5.75 Å². The molecule has 9 heteroatoms. The molecule has 2 atom stereocenters. The maximum absolute atomic E-state index is 12.4. The summed E-state index contributed by atoms with van der Waals surface area (Å²) < 4.78 is 8.11. The lowest BCUT2D eigenvalue weighted by Gasteiger charge is -2.31. The summed E-state index contributed by atoms with van der Waals surface area (Å²) in [5, 5.41) is 2.37. The first-order valence-corrected chi connectivity index (χ1v) is 13.8. The average Bonchev–Trinajstić information content (AvgIpc) is 3.56. The first kappa shape index (κ1) is 25.6. The molecule has 6 rings (SSSR count). The van der Waals surface area contributed by atoms with Gasteiger partial charge in [0.2, 0.25) is 5.91 Å². The number of hydrogen-bond donors (Lipinski definition) is 1. The lowest BCUT2D eigenvalue weighted by Crippen LogP contribution is -2.50. The third kappa shape index (κ3) is 4.69. The molecule has 0 unspecified atom stereocenters. The molecule has 3 amide bonds. The first-order valence-electron chi connectivity index (χ1n) is 13.8. The van der Waals surface area contributed by atoms with Crippen LogP contribution in [0.2, 0.25) is 0 Å². The number of amides is 3. The maximum atomic E-state index is 12.4. The number of rotatable bonds is 6. The predicted octanol–water partition coefficient (Wildman–Crippen LogP) is 4.75. The summed E-state index contributed by atoms with van der Waals surface area (Å²) in [6.07, 6.45) is 5.91. The Morgan fingerprint density at radius 1 is 1.10 bits per heavy atom. The molecule has 4 heterocycles. The number of imidazole rings is 1. The van der Waals surface area contributed by atoms with Crippen LogP contribution in [0, 0.1) is 5.92 Å². The topological polar surface area (TPSA) is 92.6 Å². The number of nitrogens with zero attached hydrogens (tertiary/aromatic N) is 5. The van der Waals surface area contributed by atoms with E-state index in [9.17, 15) is 9.59 Å². The number of aromatic nitrogens is 3. The van der Waals surface area contributed by atoms with E-state index < -0.39 is 6.03 Å². The molecule has 0 spiro atoms. The van der Waals surface area contributed by atoms with E-state index in [1.165, 1.54) is 24.0 Å². The lowest BCUT2D eigenvalue weighted by molar-refractivity contribution is -0.120. The van der Waals surface area contributed by atoms with Gasteiger partial charge < -0.3 is 9.30 Å². The quantitative estimate of drug-likeness (QED) is 0.497. The van der Waals surface area contributed by atoms with Gasteiger partial charge in [-0.25, -0.2) is 14.8 Å². The van der Waals surface area contributed by atoms with Crippen molar-refractivity contribution in [1.82, 2.24) is 24.8 Å². The molecular formula is C30H36N6O3. The van der Waals surface area contributed by atoms with Crippen LogP contribution in [0.1, 0.15) is 63.3 Å². The molecular weight excluding hydrogens is 492 g/mol. The van der Waals surface area contributed by atoms with Crippen LogP contribution in [0.25, 0.3) is 11.5 Å². The van der Waals surface area contributed by atoms with Crippen molar-refractivity contribution in [2.45, 2.75) is 71.2 Å². The van der Waals surface area contributed by atoms with E-state index in [2.05, 4.69) is 66.3 Å². The van der Waals surface area contributed by atoms with Crippen LogP contribution in [0.3, 0.4) is 0 Å². The molecule has 0 radical (unpaired) electrons. The van der Waals surface area contributed by atoms with Crippen molar-refractivity contribution in [3.05, 3.63) is 59.4 Å². The van der Waals surface area contributed by atoms with Gasteiger partial charge in [-0.2, -0.15) is 0 Å². The van der Waals surface area contributed by atoms with Crippen molar-refractivity contribution in [3.8, 4) is 17.3 Å². The van der Waals surface area contributed by atoms with Gasteiger partial charge in [-0.15, -0.1) is 0 Å². The molecule has 3 aliphatic rings. The molecule has 1 aromatic carbocycles. The maximum Gasteiger partial charge on any atom is 0.329 e. The molecule has 2 aliphatic heterocycles. The molecule has 3 aromatic rings. The number of carbonyl (C=O) groups excluding carboxylic acids is 2. The summed E-state index contributed by atoms with van der Waals surface area (Å²) in [5.41, 5.74) is 3.99. The third-order valence-electron chi connectivity index (χ3n) is 8.60. The van der Waals surface area contributed by atoms with Gasteiger partial charge in [-0.1, -0.05) is 25.1 Å². The lowest BCUT2D eigenvalue weighted by atomic mass is 9.98. The van der Waals surface area contributed by atoms with Crippen LogP contribution in [-0.2, 0) is 30.5 Å². The van der Waals surface area contributed by atoms with Crippen LogP contribution < -0.4 is 15.0 Å². The van der Waals surface area contributed by atoms with Crippen molar-refractivity contribution in [1.29, 1.82) is 0 Å². The number of imide groups is 1. The van der Waals surface area contributed by atoms with E-state index >= 15 is 0 Å². The normalized spacial score (nSPS) is 22.7. The Bertz CT molecular complexity index is 1410. The van der Waals surface area contributed by atoms with Crippen molar-refractivity contribution in [3.63, 3.8) is 0 Å². The Morgan fingerprint density at radius 2 is 1.90 bits per heavy atom. The van der Waals surface area contributed by atoms with Crippen LogP contribution in [0.15, 0.2) is 42.6 Å². The monoisotopic (exact) mass is 528 g/mol. The van der Waals surface area contributed by atoms with Gasteiger partial charge in [0.1, 0.15) is 23.4 Å². The minimum absolute atomic E-state index is 0.256. The molecule has 2 aromatic heterocycles. The standard InChI is InChI=1S/C30H36N6O3/c1-19-6-5-7-24(19)39-22-11-8-20(9-12-22)17-35-18-21-10-13-23(32-27(21)30(35,2)3)28-31-16-26(34(28)4)36-15-14-25(37)33-29(36)38/h8-13,16,19,24H,5-7,14-15,17-18H2,1-4H3,(H,33,37,38)/t19-,24+/m1/s1. The van der Waals surface area contributed by atoms with Crippen molar-refractivity contribution in [2.75, 3.05) is 11.4 Å². The SMILES string of the molecule is C[C@@H]1CCC[C@@H]1Oc1ccc(CN2Cc3ccc(-c4ncc(N5CCC(=O)NC5=O)n4C)nc3C2(C)C)cc1. The zero-order valence-corrected chi connectivity index (χ0v) is 23.1. The Balaban J connectivity index is 1.18. The zero-order chi connectivity index (χ0) is 27.3. The Hall–Kier alpha value is -3.72. The van der Waals surface area contributed by atoms with Crippen LogP contribution in [-0.4, -0.2) is 44.0 Å². The number of carbonyl (C=O) groups is 2. The second kappa shape index (κ2) is 9.79. The molecule has 39 heavy (non-hydrogen) atoms. The largest absolute Gasteiger partial charge is 0.490 e. The number of anilines is 1. The molecule has 1 saturated heterocycles. The van der Waals surface area contributed by atoms with Gasteiger partial charge in [-0.3, -0.25) is 19.9 Å². The number of hydrogen-bond acceptors (Lipinski definition) is 6. The van der Waals surface area contributed by atoms with Gasteiger partial charge in [0.25, 0.3) is 0 Å². The summed E-state index contributed by atoms with van der Waals surface area (Å²) in [6, 6.07) is 12.3. The Kier molecular flexibility index (Phi) is 6.41. The summed E-state index contributed by atoms with van der Waals surface area (Å²) in [7, 11) is 1.87. The second-order valence-corrected chi connectivity index (χ2v) is 11.6. The van der Waals surface area contributed by atoms with E-state index in [4.69, 9.17) is 9.72 Å². The highest BCUT2D eigenvalue weighted by molar-refractivity contribution is 6.05. The Morgan fingerprint density at radius 3 is 2.62 bits per heavy atom. The number of benzene rings is 1. The summed E-state index contributed by atoms with van der Waals surface area (Å²) in [6.45, 7) is 8.67. The van der Waals surface area contributed by atoms with E-state index in [-0.39, 0.29) is 17.9 Å². The third-order valence-corrected chi connectivity index (χ3v) is 8.60. The van der Waals surface area contributed by atoms with E-state index in [0.29, 0.717) is 30.2 Å². The van der Waals surface area contributed by atoms with Crippen molar-refractivity contribution >= 4 is 17.8 Å². The van der Waals surface area contributed by atoms with Crippen LogP contribution in [0.4, 0.5) is 10.6 Å². The molecule has 204 valence electrons. The van der Waals surface area contributed by atoms with Crippen molar-refractivity contribution < 1.29 is 14.3 Å². The molecule has 9 nitrogen and oxygen atoms in total. The smallest absolute Gasteiger partial charge is 0.329 e. The zero-order valence-electron chi connectivity index (χ0n) is 23.1. The van der Waals surface area contributed by atoms with Gasteiger partial charge in [-0.05, 0) is 68.4 Å². The number of pyridine rings is 1. The Labute approximate surface area is 229 Å². The van der Waals surface area contributed by atoms with Gasteiger partial charge in [0, 0.05) is 33.1 Å². The number of nitrogens with one attached hydrogen (secondary N) is 1. The number of urea groups is 1. The average molecular weight is 529 g/mol. The van der Waals surface area contributed by atoms with Crippen LogP contribution >= 0.6 is 0 Å². The minimum atomic E-state index is -0.424. The van der Waals surface area contributed by atoms with Crippen molar-refractivity contribution in [2.24, 2.45) is 13.0 Å². The van der Waals surface area contributed by atoms with Gasteiger partial charge >= 0.3 is 6.03 Å². The second-order valence-electron chi connectivity index (χ2n) is 11.6. The van der Waals surface area contributed by atoms with Gasteiger partial charge in [0.05, 0.1) is 17.4 Å². The predicted molar refractivity (Wildman–Crippen MR) is 148 cm³/mol. The molecule has 1 aliphatic carbocycles.